The standard InChI is InChI=1S/2C8H7NO.2C4H4S/c2*10-8-5-6-3-1-2-4-7(6)9-8;2*1-2-4-5-3-1/h2*1-4H,5H2,(H,9,10);2*1-4H. The van der Waals surface area contributed by atoms with E-state index in [1.165, 1.54) is 0 Å². The van der Waals surface area contributed by atoms with Crippen LogP contribution < -0.4 is 10.6 Å². The summed E-state index contributed by atoms with van der Waals surface area (Å²) in [5, 5.41) is 13.7. The first-order valence-corrected chi connectivity index (χ1v) is 11.3. The second kappa shape index (κ2) is 11.7. The molecule has 0 unspecified atom stereocenters. The summed E-state index contributed by atoms with van der Waals surface area (Å²) in [7, 11) is 0. The van der Waals surface area contributed by atoms with Crippen LogP contribution in [0.1, 0.15) is 11.1 Å². The topological polar surface area (TPSA) is 58.2 Å². The zero-order valence-electron chi connectivity index (χ0n) is 16.3. The molecule has 0 saturated heterocycles. The van der Waals surface area contributed by atoms with Crippen LogP contribution in [-0.2, 0) is 22.4 Å². The Balaban J connectivity index is 0.000000120. The Morgan fingerprint density at radius 2 is 0.900 bits per heavy atom. The number of amides is 2. The molecule has 0 spiro atoms. The average Bonchev–Trinajstić information content (AvgIpc) is 3.57. The minimum Gasteiger partial charge on any atom is -0.326 e. The Morgan fingerprint density at radius 1 is 0.533 bits per heavy atom. The zero-order chi connectivity index (χ0) is 21.0. The number of anilines is 2. The van der Waals surface area contributed by atoms with Gasteiger partial charge < -0.3 is 10.6 Å². The fourth-order valence-corrected chi connectivity index (χ4v) is 3.69. The van der Waals surface area contributed by atoms with Crippen LogP contribution in [0.15, 0.2) is 94.3 Å². The van der Waals surface area contributed by atoms with Crippen LogP contribution >= 0.6 is 22.7 Å². The second-order valence-electron chi connectivity index (χ2n) is 6.35. The number of fused-ring (bicyclic) bond motifs is 2. The summed E-state index contributed by atoms with van der Waals surface area (Å²) < 4.78 is 0. The second-order valence-corrected chi connectivity index (χ2v) is 7.98. The van der Waals surface area contributed by atoms with Crippen molar-refractivity contribution in [2.75, 3.05) is 10.6 Å². The molecule has 2 aromatic heterocycles. The van der Waals surface area contributed by atoms with Crippen molar-refractivity contribution in [2.24, 2.45) is 0 Å². The van der Waals surface area contributed by atoms with Crippen molar-refractivity contribution in [1.82, 2.24) is 0 Å². The first-order valence-electron chi connectivity index (χ1n) is 9.42. The minimum atomic E-state index is 0.0983. The molecular weight excluding hydrogens is 412 g/mol. The van der Waals surface area contributed by atoms with E-state index in [1.54, 1.807) is 22.7 Å². The van der Waals surface area contributed by atoms with E-state index < -0.39 is 0 Å². The summed E-state index contributed by atoms with van der Waals surface area (Å²) >= 11 is 3.43. The Hall–Kier alpha value is -3.22. The van der Waals surface area contributed by atoms with Gasteiger partial charge in [0.2, 0.25) is 11.8 Å². The van der Waals surface area contributed by atoms with Crippen molar-refractivity contribution < 1.29 is 9.59 Å². The Labute approximate surface area is 184 Å². The minimum absolute atomic E-state index is 0.0983. The quantitative estimate of drug-likeness (QED) is 0.364. The van der Waals surface area contributed by atoms with Gasteiger partial charge in [0.15, 0.2) is 0 Å². The van der Waals surface area contributed by atoms with E-state index in [9.17, 15) is 9.59 Å². The molecule has 6 heteroatoms. The van der Waals surface area contributed by atoms with E-state index in [4.69, 9.17) is 0 Å². The first-order chi connectivity index (χ1) is 14.7. The van der Waals surface area contributed by atoms with E-state index in [-0.39, 0.29) is 11.8 Å². The van der Waals surface area contributed by atoms with Crippen LogP contribution in [0.3, 0.4) is 0 Å². The fourth-order valence-electron chi connectivity index (χ4n) is 2.78. The van der Waals surface area contributed by atoms with Gasteiger partial charge in [-0.15, -0.1) is 0 Å². The highest BCUT2D eigenvalue weighted by molar-refractivity contribution is 7.08. The SMILES string of the molecule is O=C1Cc2ccccc2N1.O=C1Cc2ccccc2N1.c1ccsc1.c1ccsc1. The molecule has 0 atom stereocenters. The van der Waals surface area contributed by atoms with Gasteiger partial charge in [-0.3, -0.25) is 9.59 Å². The van der Waals surface area contributed by atoms with E-state index in [1.807, 2.05) is 94.3 Å². The summed E-state index contributed by atoms with van der Waals surface area (Å²) in [6.45, 7) is 0. The van der Waals surface area contributed by atoms with Crippen LogP contribution in [0.25, 0.3) is 0 Å². The van der Waals surface area contributed by atoms with Gasteiger partial charge in [-0.05, 0) is 44.8 Å². The lowest BCUT2D eigenvalue weighted by Gasteiger charge is -1.93. The predicted octanol–water partition coefficient (Wildman–Crippen LogP) is 5.86. The molecule has 4 heterocycles. The molecular formula is C24H22N2O2S2. The third-order valence-electron chi connectivity index (χ3n) is 4.14. The zero-order valence-corrected chi connectivity index (χ0v) is 17.9. The van der Waals surface area contributed by atoms with Gasteiger partial charge in [0.25, 0.3) is 0 Å². The molecule has 4 nitrogen and oxygen atoms in total. The molecule has 6 rings (SSSR count). The van der Waals surface area contributed by atoms with Crippen molar-refractivity contribution in [3.8, 4) is 0 Å². The number of carbonyl (C=O) groups is 2. The monoisotopic (exact) mass is 434 g/mol. The van der Waals surface area contributed by atoms with Gasteiger partial charge >= 0.3 is 0 Å². The van der Waals surface area contributed by atoms with Gasteiger partial charge in [0, 0.05) is 11.4 Å². The van der Waals surface area contributed by atoms with Gasteiger partial charge in [-0.1, -0.05) is 60.7 Å². The molecule has 0 radical (unpaired) electrons. The fraction of sp³-hybridized carbons (Fsp3) is 0.0833. The van der Waals surface area contributed by atoms with Crippen LogP contribution in [0, 0.1) is 0 Å². The first kappa shape index (κ1) is 21.5. The lowest BCUT2D eigenvalue weighted by molar-refractivity contribution is -0.115. The van der Waals surface area contributed by atoms with Crippen LogP contribution in [0.5, 0.6) is 0 Å². The van der Waals surface area contributed by atoms with Crippen LogP contribution in [-0.4, -0.2) is 11.8 Å². The molecule has 2 aliphatic heterocycles. The number of thiophene rings is 2. The summed E-state index contributed by atoms with van der Waals surface area (Å²) in [4.78, 5) is 21.6. The van der Waals surface area contributed by atoms with Gasteiger partial charge in [0.1, 0.15) is 0 Å². The molecule has 0 saturated carbocycles. The smallest absolute Gasteiger partial charge is 0.228 e. The summed E-state index contributed by atoms with van der Waals surface area (Å²) in [6.07, 6.45) is 1.08. The highest BCUT2D eigenvalue weighted by atomic mass is 32.1. The van der Waals surface area contributed by atoms with Crippen molar-refractivity contribution in [3.63, 3.8) is 0 Å². The summed E-state index contributed by atoms with van der Waals surface area (Å²) in [6, 6.07) is 23.6. The molecule has 0 fully saturated rings. The van der Waals surface area contributed by atoms with Crippen LogP contribution in [0.4, 0.5) is 11.4 Å². The molecule has 0 aliphatic carbocycles. The Kier molecular flexibility index (Phi) is 8.38. The molecule has 2 aliphatic rings. The number of carbonyl (C=O) groups excluding carboxylic acids is 2. The van der Waals surface area contributed by atoms with Crippen LogP contribution in [0.2, 0.25) is 0 Å². The number of nitrogens with one attached hydrogen (secondary N) is 2. The molecule has 2 N–H and O–H groups in total. The number of hydrogen-bond acceptors (Lipinski definition) is 4. The third kappa shape index (κ3) is 6.99. The molecule has 2 amide bonds. The normalized spacial score (nSPS) is 12.4. The number of benzene rings is 2. The molecule has 0 bridgehead atoms. The van der Waals surface area contributed by atoms with E-state index >= 15 is 0 Å². The third-order valence-corrected chi connectivity index (χ3v) is 5.39. The molecule has 2 aromatic carbocycles. The van der Waals surface area contributed by atoms with E-state index in [0.717, 1.165) is 22.5 Å². The molecule has 4 aromatic rings. The lowest BCUT2D eigenvalue weighted by atomic mass is 10.2. The summed E-state index contributed by atoms with van der Waals surface area (Å²) in [5.41, 5.74) is 4.14. The average molecular weight is 435 g/mol. The Bertz CT molecular complexity index is 871. The number of hydrogen-bond donors (Lipinski definition) is 2. The lowest BCUT2D eigenvalue weighted by Crippen LogP contribution is -2.03. The maximum atomic E-state index is 10.8. The predicted molar refractivity (Wildman–Crippen MR) is 126 cm³/mol. The number of rotatable bonds is 0. The van der Waals surface area contributed by atoms with Crippen molar-refractivity contribution in [3.05, 3.63) is 105 Å². The molecule has 30 heavy (non-hydrogen) atoms. The van der Waals surface area contributed by atoms with Crippen molar-refractivity contribution in [2.45, 2.75) is 12.8 Å². The van der Waals surface area contributed by atoms with Crippen molar-refractivity contribution in [1.29, 1.82) is 0 Å². The van der Waals surface area contributed by atoms with Crippen molar-refractivity contribution >= 4 is 45.9 Å². The highest BCUT2D eigenvalue weighted by Crippen LogP contribution is 2.21. The largest absolute Gasteiger partial charge is 0.326 e. The van der Waals surface area contributed by atoms with E-state index in [0.29, 0.717) is 12.8 Å². The van der Waals surface area contributed by atoms with Gasteiger partial charge in [-0.2, -0.15) is 22.7 Å². The molecule has 152 valence electrons. The van der Waals surface area contributed by atoms with Gasteiger partial charge in [0.05, 0.1) is 12.8 Å². The highest BCUT2D eigenvalue weighted by Gasteiger charge is 2.15. The maximum absolute atomic E-state index is 10.8. The summed E-state index contributed by atoms with van der Waals surface area (Å²) in [5.74, 6) is 0.197. The van der Waals surface area contributed by atoms with Gasteiger partial charge in [-0.25, -0.2) is 0 Å². The number of para-hydroxylation sites is 2. The van der Waals surface area contributed by atoms with E-state index in [2.05, 4.69) is 10.6 Å². The Morgan fingerprint density at radius 3 is 1.20 bits per heavy atom. The maximum Gasteiger partial charge on any atom is 0.228 e.